The van der Waals surface area contributed by atoms with Gasteiger partial charge in [0.05, 0.1) is 25.6 Å². The standard InChI is InChI=1S/C28H26N4O6S2/c33-25(34)13-22(18-7-8-23-24(12-18)38-17-37-23)31-28(36)30-14-19-4-1-9-29-26(19)27(35)32(15-20-5-2-10-39-20)16-21-6-3-11-40-21/h1-12,22H,13-17H2,(H,33,34)(H2,30,31,36). The molecule has 0 spiro atoms. The topological polar surface area (TPSA) is 130 Å². The van der Waals surface area contributed by atoms with Crippen molar-refractivity contribution in [2.45, 2.75) is 32.1 Å². The number of aromatic nitrogens is 1. The number of benzene rings is 1. The van der Waals surface area contributed by atoms with Gasteiger partial charge in [-0.25, -0.2) is 4.79 Å². The van der Waals surface area contributed by atoms with E-state index in [1.165, 1.54) is 0 Å². The number of nitrogens with one attached hydrogen (secondary N) is 2. The van der Waals surface area contributed by atoms with E-state index in [1.54, 1.807) is 64.1 Å². The summed E-state index contributed by atoms with van der Waals surface area (Å²) >= 11 is 3.15. The van der Waals surface area contributed by atoms with Gasteiger partial charge in [-0.15, -0.1) is 22.7 Å². The maximum Gasteiger partial charge on any atom is 0.315 e. The zero-order valence-corrected chi connectivity index (χ0v) is 22.9. The molecule has 3 N–H and O–H groups in total. The second-order valence-corrected chi connectivity index (χ2v) is 11.0. The Hall–Kier alpha value is -4.42. The number of ether oxygens (including phenoxy) is 2. The minimum atomic E-state index is -1.07. The van der Waals surface area contributed by atoms with Gasteiger partial charge in [0.1, 0.15) is 5.69 Å². The van der Waals surface area contributed by atoms with Crippen LogP contribution in [0.4, 0.5) is 4.79 Å². The Morgan fingerprint density at radius 2 is 1.70 bits per heavy atom. The fourth-order valence-corrected chi connectivity index (χ4v) is 5.68. The number of carboxylic acid groups (broad SMARTS) is 1. The summed E-state index contributed by atoms with van der Waals surface area (Å²) in [6.45, 7) is 0.976. The van der Waals surface area contributed by atoms with Crippen LogP contribution in [0.2, 0.25) is 0 Å². The first-order valence-corrected chi connectivity index (χ1v) is 14.2. The fraction of sp³-hybridized carbons (Fsp3) is 0.214. The van der Waals surface area contributed by atoms with Crippen LogP contribution in [0.5, 0.6) is 11.5 Å². The first kappa shape index (κ1) is 27.2. The van der Waals surface area contributed by atoms with Crippen LogP contribution < -0.4 is 20.1 Å². The van der Waals surface area contributed by atoms with Crippen LogP contribution in [0.15, 0.2) is 71.6 Å². The van der Waals surface area contributed by atoms with Crippen LogP contribution >= 0.6 is 22.7 Å². The second kappa shape index (κ2) is 12.6. The third-order valence-electron chi connectivity index (χ3n) is 6.16. The van der Waals surface area contributed by atoms with Crippen molar-refractivity contribution in [3.63, 3.8) is 0 Å². The molecule has 206 valence electrons. The summed E-state index contributed by atoms with van der Waals surface area (Å²) < 4.78 is 10.7. The number of amides is 3. The lowest BCUT2D eigenvalue weighted by Gasteiger charge is -2.23. The van der Waals surface area contributed by atoms with E-state index in [-0.39, 0.29) is 31.4 Å². The average Bonchev–Trinajstić information content (AvgIpc) is 3.74. The fourth-order valence-electron chi connectivity index (χ4n) is 4.25. The molecule has 3 amide bonds. The van der Waals surface area contributed by atoms with Crippen LogP contribution in [-0.2, 0) is 24.4 Å². The highest BCUT2D eigenvalue weighted by Crippen LogP contribution is 2.34. The average molecular weight is 579 g/mol. The van der Waals surface area contributed by atoms with Crippen molar-refractivity contribution in [2.75, 3.05) is 6.79 Å². The number of nitrogens with zero attached hydrogens (tertiary/aromatic N) is 2. The zero-order valence-electron chi connectivity index (χ0n) is 21.2. The number of carbonyl (C=O) groups excluding carboxylic acids is 2. The Morgan fingerprint density at radius 1 is 0.975 bits per heavy atom. The molecule has 4 heterocycles. The van der Waals surface area contributed by atoms with Gasteiger partial charge in [0, 0.05) is 28.1 Å². The molecule has 1 aliphatic heterocycles. The van der Waals surface area contributed by atoms with Crippen molar-refractivity contribution in [1.29, 1.82) is 0 Å². The summed E-state index contributed by atoms with van der Waals surface area (Å²) in [7, 11) is 0. The Labute approximate surface area is 238 Å². The van der Waals surface area contributed by atoms with Crippen LogP contribution in [0.3, 0.4) is 0 Å². The molecule has 1 aliphatic rings. The number of pyridine rings is 1. The van der Waals surface area contributed by atoms with Crippen molar-refractivity contribution in [3.8, 4) is 11.5 Å². The Bertz CT molecular complexity index is 1440. The molecule has 40 heavy (non-hydrogen) atoms. The molecule has 0 saturated carbocycles. The number of hydrogen-bond donors (Lipinski definition) is 3. The molecular formula is C28H26N4O6S2. The van der Waals surface area contributed by atoms with E-state index in [1.807, 2.05) is 35.0 Å². The van der Waals surface area contributed by atoms with Crippen molar-refractivity contribution < 1.29 is 29.0 Å². The van der Waals surface area contributed by atoms with Gasteiger partial charge in [0.15, 0.2) is 11.5 Å². The molecule has 1 aromatic carbocycles. The maximum absolute atomic E-state index is 13.7. The number of fused-ring (bicyclic) bond motifs is 1. The van der Waals surface area contributed by atoms with E-state index < -0.39 is 18.0 Å². The Morgan fingerprint density at radius 3 is 2.38 bits per heavy atom. The first-order chi connectivity index (χ1) is 19.5. The summed E-state index contributed by atoms with van der Waals surface area (Å²) in [5.74, 6) is -0.269. The van der Waals surface area contributed by atoms with E-state index in [4.69, 9.17) is 9.47 Å². The number of thiophene rings is 2. The third kappa shape index (κ3) is 6.77. The molecule has 1 unspecified atom stereocenters. The first-order valence-electron chi connectivity index (χ1n) is 12.4. The minimum absolute atomic E-state index is 0.0214. The minimum Gasteiger partial charge on any atom is -0.481 e. The summed E-state index contributed by atoms with van der Waals surface area (Å²) in [5.41, 5.74) is 1.36. The highest BCUT2D eigenvalue weighted by molar-refractivity contribution is 7.10. The molecular weight excluding hydrogens is 552 g/mol. The molecule has 1 atom stereocenters. The monoisotopic (exact) mass is 578 g/mol. The van der Waals surface area contributed by atoms with Crippen molar-refractivity contribution >= 4 is 40.6 Å². The number of carboxylic acids is 1. The molecule has 0 fully saturated rings. The maximum atomic E-state index is 13.7. The van der Waals surface area contributed by atoms with Crippen LogP contribution in [0, 0.1) is 0 Å². The smallest absolute Gasteiger partial charge is 0.315 e. The Balaban J connectivity index is 1.28. The highest BCUT2D eigenvalue weighted by Gasteiger charge is 2.24. The number of carbonyl (C=O) groups is 3. The SMILES string of the molecule is O=C(O)CC(NC(=O)NCc1cccnc1C(=O)N(Cc1cccs1)Cc1cccs1)c1ccc2c(c1)OCO2. The van der Waals surface area contributed by atoms with Gasteiger partial charge < -0.3 is 30.1 Å². The van der Waals surface area contributed by atoms with Crippen molar-refractivity contribution in [3.05, 3.63) is 98.1 Å². The molecule has 0 bridgehead atoms. The van der Waals surface area contributed by atoms with Crippen LogP contribution in [0.1, 0.15) is 43.8 Å². The number of rotatable bonds is 11. The summed E-state index contributed by atoms with van der Waals surface area (Å²) in [4.78, 5) is 46.3. The van der Waals surface area contributed by atoms with Gasteiger partial charge in [-0.3, -0.25) is 14.6 Å². The largest absolute Gasteiger partial charge is 0.481 e. The molecule has 0 radical (unpaired) electrons. The van der Waals surface area contributed by atoms with Gasteiger partial charge >= 0.3 is 12.0 Å². The number of hydrogen-bond acceptors (Lipinski definition) is 8. The number of urea groups is 1. The summed E-state index contributed by atoms with van der Waals surface area (Å²) in [6.07, 6.45) is 1.22. The Kier molecular flexibility index (Phi) is 8.57. The van der Waals surface area contributed by atoms with Gasteiger partial charge in [-0.05, 0) is 46.7 Å². The normalized spacial score (nSPS) is 12.5. The summed E-state index contributed by atoms with van der Waals surface area (Å²) in [6, 6.07) is 14.9. The molecule has 3 aromatic heterocycles. The van der Waals surface area contributed by atoms with Crippen molar-refractivity contribution in [1.82, 2.24) is 20.5 Å². The lowest BCUT2D eigenvalue weighted by atomic mass is 10.0. The molecule has 5 rings (SSSR count). The molecule has 12 heteroatoms. The summed E-state index contributed by atoms with van der Waals surface area (Å²) in [5, 5.41) is 18.8. The van der Waals surface area contributed by atoms with E-state index in [9.17, 15) is 19.5 Å². The molecule has 0 aliphatic carbocycles. The molecule has 10 nitrogen and oxygen atoms in total. The van der Waals surface area contributed by atoms with Gasteiger partial charge in [0.2, 0.25) is 6.79 Å². The molecule has 4 aromatic rings. The lowest BCUT2D eigenvalue weighted by molar-refractivity contribution is -0.137. The van der Waals surface area contributed by atoms with E-state index >= 15 is 0 Å². The molecule has 0 saturated heterocycles. The third-order valence-corrected chi connectivity index (χ3v) is 7.88. The van der Waals surface area contributed by atoms with Gasteiger partial charge in [0.25, 0.3) is 5.91 Å². The van der Waals surface area contributed by atoms with Crippen LogP contribution in [-0.4, -0.2) is 39.7 Å². The van der Waals surface area contributed by atoms with Gasteiger partial charge in [-0.2, -0.15) is 0 Å². The van der Waals surface area contributed by atoms with E-state index in [0.29, 0.717) is 35.7 Å². The predicted octanol–water partition coefficient (Wildman–Crippen LogP) is 4.79. The van der Waals surface area contributed by atoms with Crippen LogP contribution in [0.25, 0.3) is 0 Å². The highest BCUT2D eigenvalue weighted by atomic mass is 32.1. The lowest BCUT2D eigenvalue weighted by Crippen LogP contribution is -2.39. The predicted molar refractivity (Wildman–Crippen MR) is 149 cm³/mol. The zero-order chi connectivity index (χ0) is 27.9. The number of aliphatic carboxylic acids is 1. The van der Waals surface area contributed by atoms with E-state index in [2.05, 4.69) is 15.6 Å². The van der Waals surface area contributed by atoms with Gasteiger partial charge in [-0.1, -0.05) is 24.3 Å². The van der Waals surface area contributed by atoms with E-state index in [0.717, 1.165) is 9.75 Å². The second-order valence-electron chi connectivity index (χ2n) is 8.92. The van der Waals surface area contributed by atoms with Crippen molar-refractivity contribution in [2.24, 2.45) is 0 Å². The quantitative estimate of drug-likeness (QED) is 0.233.